The molecule has 0 aliphatic rings. The molecule has 0 radical (unpaired) electrons. The van der Waals surface area contributed by atoms with Gasteiger partial charge in [-0.2, -0.15) is 0 Å². The second kappa shape index (κ2) is 7.67. The molecule has 0 bridgehead atoms. The first-order chi connectivity index (χ1) is 13.2. The smallest absolute Gasteiger partial charge is 0.226 e. The lowest BCUT2D eigenvalue weighted by molar-refractivity contribution is 0.525. The van der Waals surface area contributed by atoms with Gasteiger partial charge < -0.3 is 8.83 Å². The number of furan rings is 1. The number of nitrogens with one attached hydrogen (secondary N) is 1. The Morgan fingerprint density at radius 1 is 1.04 bits per heavy atom. The molecule has 136 valence electrons. The molecular weight excluding hydrogens is 360 g/mol. The van der Waals surface area contributed by atoms with Crippen molar-refractivity contribution in [2.75, 3.05) is 0 Å². The summed E-state index contributed by atoms with van der Waals surface area (Å²) in [4.78, 5) is 8.96. The first-order valence-corrected chi connectivity index (χ1v) is 9.45. The molecule has 0 spiro atoms. The van der Waals surface area contributed by atoms with Crippen LogP contribution in [0.15, 0.2) is 56.7 Å². The lowest BCUT2D eigenvalue weighted by atomic mass is 10.1. The molecule has 3 heterocycles. The van der Waals surface area contributed by atoms with Crippen molar-refractivity contribution in [2.24, 2.45) is 0 Å². The van der Waals surface area contributed by atoms with Crippen molar-refractivity contribution in [3.8, 4) is 11.5 Å². The second-order valence-corrected chi connectivity index (χ2v) is 7.03. The van der Waals surface area contributed by atoms with Crippen LogP contribution in [0.4, 0.5) is 0 Å². The van der Waals surface area contributed by atoms with Gasteiger partial charge in [-0.25, -0.2) is 9.97 Å². The van der Waals surface area contributed by atoms with E-state index in [1.165, 1.54) is 17.3 Å². The molecule has 7 heteroatoms. The second-order valence-electron chi connectivity index (χ2n) is 6.08. The Labute approximate surface area is 160 Å². The summed E-state index contributed by atoms with van der Waals surface area (Å²) in [5, 5.41) is 7.77. The summed E-state index contributed by atoms with van der Waals surface area (Å²) in [6, 6.07) is 11.9. The fourth-order valence-electron chi connectivity index (χ4n) is 2.44. The molecule has 0 fully saturated rings. The van der Waals surface area contributed by atoms with E-state index in [1.54, 1.807) is 6.26 Å². The van der Waals surface area contributed by atoms with Gasteiger partial charge in [-0.15, -0.1) is 5.10 Å². The highest BCUT2D eigenvalue weighted by Crippen LogP contribution is 2.23. The quantitative estimate of drug-likeness (QED) is 0.468. The summed E-state index contributed by atoms with van der Waals surface area (Å²) < 4.78 is 11.1. The minimum atomic E-state index is 0.623. The normalized spacial score (nSPS) is 11.5. The van der Waals surface area contributed by atoms with Crippen molar-refractivity contribution in [1.29, 1.82) is 0 Å². The van der Waals surface area contributed by atoms with Gasteiger partial charge in [0, 0.05) is 11.3 Å². The molecule has 0 saturated heterocycles. The Balaban J connectivity index is 1.36. The number of H-pyrrole nitrogens is 1. The number of oxazole rings is 1. The van der Waals surface area contributed by atoms with E-state index in [1.807, 2.05) is 55.5 Å². The van der Waals surface area contributed by atoms with E-state index in [9.17, 15) is 0 Å². The van der Waals surface area contributed by atoms with E-state index in [0.29, 0.717) is 22.6 Å². The van der Waals surface area contributed by atoms with Gasteiger partial charge in [-0.05, 0) is 50.3 Å². The zero-order valence-corrected chi connectivity index (χ0v) is 15.8. The SMILES string of the molecule is Cc1ccc(-c2nc(CSc3n[nH]c(/C=C/c4ccc(C)o4)n3)co2)cc1. The summed E-state index contributed by atoms with van der Waals surface area (Å²) >= 11 is 1.50. The first kappa shape index (κ1) is 17.4. The van der Waals surface area contributed by atoms with Crippen molar-refractivity contribution < 1.29 is 8.83 Å². The molecule has 0 unspecified atom stereocenters. The summed E-state index contributed by atoms with van der Waals surface area (Å²) in [6.45, 7) is 3.96. The maximum absolute atomic E-state index is 5.58. The number of thioether (sulfide) groups is 1. The standard InChI is InChI=1S/C20H18N4O2S/c1-13-3-6-15(7-4-13)19-21-16(11-25-19)12-27-20-22-18(23-24-20)10-9-17-8-5-14(2)26-17/h3-11H,12H2,1-2H3,(H,22,23,24)/b10-9+. The Morgan fingerprint density at radius 2 is 1.89 bits per heavy atom. The van der Waals surface area contributed by atoms with Gasteiger partial charge in [0.15, 0.2) is 0 Å². The maximum atomic E-state index is 5.58. The van der Waals surface area contributed by atoms with E-state index in [-0.39, 0.29) is 0 Å². The van der Waals surface area contributed by atoms with Crippen LogP contribution in [0, 0.1) is 13.8 Å². The van der Waals surface area contributed by atoms with Gasteiger partial charge in [-0.1, -0.05) is 29.5 Å². The van der Waals surface area contributed by atoms with Gasteiger partial charge in [0.25, 0.3) is 0 Å². The number of rotatable bonds is 6. The molecule has 0 amide bonds. The largest absolute Gasteiger partial charge is 0.462 e. The number of aromatic amines is 1. The average molecular weight is 378 g/mol. The molecular formula is C20H18N4O2S. The molecule has 1 N–H and O–H groups in total. The van der Waals surface area contributed by atoms with Crippen molar-refractivity contribution in [3.05, 3.63) is 71.3 Å². The van der Waals surface area contributed by atoms with Crippen molar-refractivity contribution in [2.45, 2.75) is 24.8 Å². The van der Waals surface area contributed by atoms with Crippen LogP contribution in [0.3, 0.4) is 0 Å². The number of aromatic nitrogens is 4. The van der Waals surface area contributed by atoms with Gasteiger partial charge in [-0.3, -0.25) is 5.10 Å². The van der Waals surface area contributed by atoms with E-state index in [2.05, 4.69) is 27.1 Å². The zero-order chi connectivity index (χ0) is 18.6. The molecule has 0 atom stereocenters. The van der Waals surface area contributed by atoms with Crippen molar-refractivity contribution in [1.82, 2.24) is 20.2 Å². The predicted octanol–water partition coefficient (Wildman–Crippen LogP) is 5.13. The first-order valence-electron chi connectivity index (χ1n) is 8.47. The third-order valence-electron chi connectivity index (χ3n) is 3.85. The highest BCUT2D eigenvalue weighted by Gasteiger charge is 2.09. The van der Waals surface area contributed by atoms with Crippen molar-refractivity contribution >= 4 is 23.9 Å². The highest BCUT2D eigenvalue weighted by molar-refractivity contribution is 7.98. The van der Waals surface area contributed by atoms with Gasteiger partial charge in [0.1, 0.15) is 23.6 Å². The van der Waals surface area contributed by atoms with Crippen LogP contribution in [0.25, 0.3) is 23.6 Å². The highest BCUT2D eigenvalue weighted by atomic mass is 32.2. The molecule has 0 saturated carbocycles. The van der Waals surface area contributed by atoms with Crippen LogP contribution in [-0.2, 0) is 5.75 Å². The molecule has 27 heavy (non-hydrogen) atoms. The summed E-state index contributed by atoms with van der Waals surface area (Å²) in [5.41, 5.74) is 3.02. The molecule has 3 aromatic heterocycles. The fourth-order valence-corrected chi connectivity index (χ4v) is 3.12. The Kier molecular flexibility index (Phi) is 4.93. The third kappa shape index (κ3) is 4.38. The lowest BCUT2D eigenvalue weighted by Crippen LogP contribution is -1.83. The van der Waals surface area contributed by atoms with Crippen LogP contribution in [0.1, 0.15) is 28.6 Å². The van der Waals surface area contributed by atoms with E-state index >= 15 is 0 Å². The van der Waals surface area contributed by atoms with Crippen LogP contribution in [0.5, 0.6) is 0 Å². The molecule has 0 aliphatic carbocycles. The zero-order valence-electron chi connectivity index (χ0n) is 15.0. The number of hydrogen-bond donors (Lipinski definition) is 1. The summed E-state index contributed by atoms with van der Waals surface area (Å²) in [5.74, 6) is 3.59. The van der Waals surface area contributed by atoms with Crippen molar-refractivity contribution in [3.63, 3.8) is 0 Å². The number of benzene rings is 1. The number of hydrogen-bond acceptors (Lipinski definition) is 6. The van der Waals surface area contributed by atoms with Gasteiger partial charge in [0.05, 0.1) is 5.69 Å². The van der Waals surface area contributed by atoms with E-state index in [4.69, 9.17) is 8.83 Å². The summed E-state index contributed by atoms with van der Waals surface area (Å²) in [7, 11) is 0. The molecule has 0 aliphatic heterocycles. The number of nitrogens with zero attached hydrogens (tertiary/aromatic N) is 3. The van der Waals surface area contributed by atoms with Crippen LogP contribution >= 0.6 is 11.8 Å². The fraction of sp³-hybridized carbons (Fsp3) is 0.150. The Hall–Kier alpha value is -3.06. The minimum absolute atomic E-state index is 0.623. The van der Waals surface area contributed by atoms with Crippen LogP contribution < -0.4 is 0 Å². The average Bonchev–Trinajstić information content (AvgIpc) is 3.40. The Bertz CT molecular complexity index is 1060. The molecule has 4 aromatic rings. The van der Waals surface area contributed by atoms with E-state index < -0.39 is 0 Å². The predicted molar refractivity (Wildman–Crippen MR) is 105 cm³/mol. The van der Waals surface area contributed by atoms with Gasteiger partial charge in [0.2, 0.25) is 11.0 Å². The topological polar surface area (TPSA) is 80.7 Å². The van der Waals surface area contributed by atoms with Crippen LogP contribution in [0.2, 0.25) is 0 Å². The molecule has 6 nitrogen and oxygen atoms in total. The molecule has 1 aromatic carbocycles. The van der Waals surface area contributed by atoms with Gasteiger partial charge >= 0.3 is 0 Å². The maximum Gasteiger partial charge on any atom is 0.226 e. The molecule has 4 rings (SSSR count). The Morgan fingerprint density at radius 3 is 2.67 bits per heavy atom. The van der Waals surface area contributed by atoms with Crippen LogP contribution in [-0.4, -0.2) is 20.2 Å². The number of aryl methyl sites for hydroxylation is 2. The van der Waals surface area contributed by atoms with E-state index in [0.717, 1.165) is 22.8 Å². The monoisotopic (exact) mass is 378 g/mol. The summed E-state index contributed by atoms with van der Waals surface area (Å²) in [6.07, 6.45) is 5.36. The minimum Gasteiger partial charge on any atom is -0.462 e. The third-order valence-corrected chi connectivity index (χ3v) is 4.73. The lowest BCUT2D eigenvalue weighted by Gasteiger charge is -1.95.